The first-order chi connectivity index (χ1) is 11.2. The fourth-order valence-electron chi connectivity index (χ4n) is 2.77. The molecule has 2 aromatic heterocycles. The molecule has 0 bridgehead atoms. The van der Waals surface area contributed by atoms with Crippen LogP contribution in [0.5, 0.6) is 5.75 Å². The maximum Gasteiger partial charge on any atom is 0.290 e. The Hall–Kier alpha value is -3.09. The largest absolute Gasteiger partial charge is 0.493 e. The second-order valence-electron chi connectivity index (χ2n) is 5.35. The molecule has 1 amide bonds. The van der Waals surface area contributed by atoms with Gasteiger partial charge in [0.25, 0.3) is 5.91 Å². The number of furan rings is 1. The van der Waals surface area contributed by atoms with E-state index in [1.54, 1.807) is 30.3 Å². The van der Waals surface area contributed by atoms with Crippen LogP contribution in [0, 0.1) is 0 Å². The number of amides is 1. The van der Waals surface area contributed by atoms with Crippen molar-refractivity contribution in [3.63, 3.8) is 0 Å². The van der Waals surface area contributed by atoms with E-state index >= 15 is 0 Å². The molecule has 1 aliphatic rings. The molecule has 3 heterocycles. The highest BCUT2D eigenvalue weighted by atomic mass is 16.5. The molecule has 0 unspecified atom stereocenters. The number of rotatable bonds is 2. The summed E-state index contributed by atoms with van der Waals surface area (Å²) in [7, 11) is 1.57. The number of benzene rings is 1. The lowest BCUT2D eigenvalue weighted by Gasteiger charge is -2.12. The standard InChI is InChI=1S/C16H14N4O3/c1-22-12-4-2-3-9-5-13(23-14(9)12)15(21)20-7-10-6-18-16(17)19-11(10)8-20/h2-6H,7-8H2,1H3,(H2,17,18,19). The van der Waals surface area contributed by atoms with Gasteiger partial charge in [0.05, 0.1) is 19.3 Å². The molecule has 23 heavy (non-hydrogen) atoms. The van der Waals surface area contributed by atoms with Crippen LogP contribution in [0.15, 0.2) is 34.9 Å². The summed E-state index contributed by atoms with van der Waals surface area (Å²) in [5.41, 5.74) is 7.84. The molecule has 0 spiro atoms. The zero-order valence-corrected chi connectivity index (χ0v) is 12.4. The molecule has 3 aromatic rings. The van der Waals surface area contributed by atoms with Gasteiger partial charge >= 0.3 is 0 Å². The minimum Gasteiger partial charge on any atom is -0.493 e. The van der Waals surface area contributed by atoms with Crippen molar-refractivity contribution in [2.24, 2.45) is 0 Å². The predicted molar refractivity (Wildman–Crippen MR) is 82.8 cm³/mol. The molecule has 1 aliphatic heterocycles. The Bertz CT molecular complexity index is 919. The lowest BCUT2D eigenvalue weighted by Crippen LogP contribution is -2.24. The summed E-state index contributed by atoms with van der Waals surface area (Å²) in [6, 6.07) is 7.26. The predicted octanol–water partition coefficient (Wildman–Crippen LogP) is 1.97. The van der Waals surface area contributed by atoms with Crippen molar-refractivity contribution in [1.82, 2.24) is 14.9 Å². The molecule has 0 saturated carbocycles. The monoisotopic (exact) mass is 310 g/mol. The Morgan fingerprint density at radius 2 is 2.26 bits per heavy atom. The van der Waals surface area contributed by atoms with E-state index in [-0.39, 0.29) is 17.6 Å². The van der Waals surface area contributed by atoms with Gasteiger partial charge in [-0.2, -0.15) is 0 Å². The first-order valence-corrected chi connectivity index (χ1v) is 7.12. The quantitative estimate of drug-likeness (QED) is 0.777. The van der Waals surface area contributed by atoms with E-state index in [1.807, 2.05) is 12.1 Å². The van der Waals surface area contributed by atoms with Gasteiger partial charge in [-0.15, -0.1) is 0 Å². The summed E-state index contributed by atoms with van der Waals surface area (Å²) in [5.74, 6) is 0.898. The third kappa shape index (κ3) is 2.17. The highest BCUT2D eigenvalue weighted by molar-refractivity contribution is 5.97. The minimum atomic E-state index is -0.195. The maximum absolute atomic E-state index is 12.7. The second kappa shape index (κ2) is 4.98. The van der Waals surface area contributed by atoms with Crippen molar-refractivity contribution in [3.05, 3.63) is 47.5 Å². The molecular weight excluding hydrogens is 296 g/mol. The summed E-state index contributed by atoms with van der Waals surface area (Å²) in [4.78, 5) is 22.5. The smallest absolute Gasteiger partial charge is 0.290 e. The molecule has 116 valence electrons. The number of fused-ring (bicyclic) bond motifs is 2. The minimum absolute atomic E-state index is 0.195. The Morgan fingerprint density at radius 1 is 1.39 bits per heavy atom. The van der Waals surface area contributed by atoms with E-state index in [0.29, 0.717) is 24.4 Å². The number of methoxy groups -OCH3 is 1. The number of carbonyl (C=O) groups is 1. The van der Waals surface area contributed by atoms with Crippen LogP contribution < -0.4 is 10.5 Å². The number of aromatic nitrogens is 2. The number of carbonyl (C=O) groups excluding carboxylic acids is 1. The fourth-order valence-corrected chi connectivity index (χ4v) is 2.77. The summed E-state index contributed by atoms with van der Waals surface area (Å²) < 4.78 is 11.0. The lowest BCUT2D eigenvalue weighted by molar-refractivity contribution is 0.0720. The Labute approximate surface area is 131 Å². The number of nitrogens with two attached hydrogens (primary N) is 1. The number of para-hydroxylation sites is 1. The third-order valence-electron chi connectivity index (χ3n) is 3.90. The van der Waals surface area contributed by atoms with Gasteiger partial charge in [0.2, 0.25) is 5.95 Å². The van der Waals surface area contributed by atoms with E-state index in [2.05, 4.69) is 9.97 Å². The van der Waals surface area contributed by atoms with Gasteiger partial charge in [0, 0.05) is 23.7 Å². The summed E-state index contributed by atoms with van der Waals surface area (Å²) in [6.07, 6.45) is 1.66. The highest BCUT2D eigenvalue weighted by Crippen LogP contribution is 2.30. The Balaban J connectivity index is 1.66. The molecule has 7 nitrogen and oxygen atoms in total. The van der Waals surface area contributed by atoms with Gasteiger partial charge < -0.3 is 19.8 Å². The summed E-state index contributed by atoms with van der Waals surface area (Å²) >= 11 is 0. The van der Waals surface area contributed by atoms with Gasteiger partial charge in [0.1, 0.15) is 0 Å². The normalized spacial score (nSPS) is 13.3. The zero-order valence-electron chi connectivity index (χ0n) is 12.4. The molecule has 0 radical (unpaired) electrons. The highest BCUT2D eigenvalue weighted by Gasteiger charge is 2.28. The van der Waals surface area contributed by atoms with E-state index in [4.69, 9.17) is 14.9 Å². The number of hydrogen-bond acceptors (Lipinski definition) is 6. The van der Waals surface area contributed by atoms with E-state index in [0.717, 1.165) is 16.6 Å². The van der Waals surface area contributed by atoms with Crippen molar-refractivity contribution in [2.45, 2.75) is 13.1 Å². The molecule has 0 saturated heterocycles. The van der Waals surface area contributed by atoms with E-state index < -0.39 is 0 Å². The van der Waals surface area contributed by atoms with Crippen LogP contribution in [-0.2, 0) is 13.1 Å². The Morgan fingerprint density at radius 3 is 3.09 bits per heavy atom. The average Bonchev–Trinajstić information content (AvgIpc) is 3.16. The molecule has 0 atom stereocenters. The Kier molecular flexibility index (Phi) is 2.94. The maximum atomic E-state index is 12.7. The lowest BCUT2D eigenvalue weighted by atomic mass is 10.2. The molecule has 1 aromatic carbocycles. The van der Waals surface area contributed by atoms with Crippen molar-refractivity contribution < 1.29 is 13.9 Å². The number of ether oxygens (including phenoxy) is 1. The van der Waals surface area contributed by atoms with Crippen molar-refractivity contribution in [3.8, 4) is 5.75 Å². The average molecular weight is 310 g/mol. The van der Waals surface area contributed by atoms with Crippen LogP contribution >= 0.6 is 0 Å². The molecule has 7 heteroatoms. The van der Waals surface area contributed by atoms with Crippen LogP contribution in [0.3, 0.4) is 0 Å². The van der Waals surface area contributed by atoms with Gasteiger partial charge in [-0.1, -0.05) is 12.1 Å². The van der Waals surface area contributed by atoms with Gasteiger partial charge in [0.15, 0.2) is 17.1 Å². The van der Waals surface area contributed by atoms with E-state index in [9.17, 15) is 4.79 Å². The van der Waals surface area contributed by atoms with Gasteiger partial charge in [-0.25, -0.2) is 9.97 Å². The van der Waals surface area contributed by atoms with Crippen LogP contribution in [0.25, 0.3) is 11.0 Å². The first kappa shape index (κ1) is 13.6. The van der Waals surface area contributed by atoms with E-state index in [1.165, 1.54) is 0 Å². The van der Waals surface area contributed by atoms with Crippen LogP contribution in [0.4, 0.5) is 5.95 Å². The topological polar surface area (TPSA) is 94.5 Å². The molecule has 4 rings (SSSR count). The third-order valence-corrected chi connectivity index (χ3v) is 3.90. The van der Waals surface area contributed by atoms with Crippen molar-refractivity contribution >= 4 is 22.8 Å². The van der Waals surface area contributed by atoms with Crippen LogP contribution in [-0.4, -0.2) is 27.9 Å². The van der Waals surface area contributed by atoms with Crippen LogP contribution in [0.1, 0.15) is 21.8 Å². The first-order valence-electron chi connectivity index (χ1n) is 7.12. The number of anilines is 1. The SMILES string of the molecule is COc1cccc2cc(C(=O)N3Cc4cnc(N)nc4C3)oc12. The second-order valence-corrected chi connectivity index (χ2v) is 5.35. The van der Waals surface area contributed by atoms with Crippen molar-refractivity contribution in [2.75, 3.05) is 12.8 Å². The molecule has 2 N–H and O–H groups in total. The van der Waals surface area contributed by atoms with Crippen molar-refractivity contribution in [1.29, 1.82) is 0 Å². The number of nitrogen functional groups attached to an aromatic ring is 1. The molecule has 0 aliphatic carbocycles. The molecular formula is C16H14N4O3. The zero-order chi connectivity index (χ0) is 16.0. The fraction of sp³-hybridized carbons (Fsp3) is 0.188. The molecule has 0 fully saturated rings. The summed E-state index contributed by atoms with van der Waals surface area (Å²) in [5, 5.41) is 0.827. The summed E-state index contributed by atoms with van der Waals surface area (Å²) in [6.45, 7) is 0.845. The van der Waals surface area contributed by atoms with Gasteiger partial charge in [-0.3, -0.25) is 4.79 Å². The van der Waals surface area contributed by atoms with Gasteiger partial charge in [-0.05, 0) is 12.1 Å². The number of nitrogens with zero attached hydrogens (tertiary/aromatic N) is 3. The number of hydrogen-bond donors (Lipinski definition) is 1. The van der Waals surface area contributed by atoms with Crippen LogP contribution in [0.2, 0.25) is 0 Å².